The molecule has 0 aliphatic carbocycles. The van der Waals surface area contributed by atoms with Crippen molar-refractivity contribution in [2.45, 2.75) is 31.9 Å². The third kappa shape index (κ3) is 4.06. The first-order chi connectivity index (χ1) is 7.04. The fourth-order valence-electron chi connectivity index (χ4n) is 1.42. The average molecular weight is 238 g/mol. The van der Waals surface area contributed by atoms with Crippen LogP contribution < -0.4 is 5.73 Å². The van der Waals surface area contributed by atoms with E-state index in [9.17, 15) is 8.42 Å². The molecule has 15 heavy (non-hydrogen) atoms. The molecular formula is C9H22N2O3S. The maximum absolute atomic E-state index is 12.0. The number of aliphatic hydroxyl groups excluding tert-OH is 1. The van der Waals surface area contributed by atoms with E-state index in [-0.39, 0.29) is 13.2 Å². The van der Waals surface area contributed by atoms with Crippen LogP contribution >= 0.6 is 0 Å². The summed E-state index contributed by atoms with van der Waals surface area (Å²) in [6.07, 6.45) is 0.989. The fraction of sp³-hybridized carbons (Fsp3) is 1.00. The van der Waals surface area contributed by atoms with Crippen molar-refractivity contribution in [3.63, 3.8) is 0 Å². The zero-order valence-electron chi connectivity index (χ0n) is 9.52. The number of sulfonamides is 1. The number of nitrogens with two attached hydrogens (primary N) is 1. The minimum atomic E-state index is -3.29. The second-order valence-electron chi connectivity index (χ2n) is 3.38. The van der Waals surface area contributed by atoms with Gasteiger partial charge in [0.25, 0.3) is 0 Å². The first-order valence-electron chi connectivity index (χ1n) is 5.34. The van der Waals surface area contributed by atoms with E-state index in [0.29, 0.717) is 25.9 Å². The van der Waals surface area contributed by atoms with Gasteiger partial charge in [-0.25, -0.2) is 12.7 Å². The largest absolute Gasteiger partial charge is 0.396 e. The molecule has 3 N–H and O–H groups in total. The molecule has 0 fully saturated rings. The van der Waals surface area contributed by atoms with Gasteiger partial charge >= 0.3 is 0 Å². The van der Waals surface area contributed by atoms with Crippen LogP contribution in [-0.4, -0.2) is 49.3 Å². The third-order valence-electron chi connectivity index (χ3n) is 2.42. The van der Waals surface area contributed by atoms with Gasteiger partial charge in [0.2, 0.25) is 10.0 Å². The van der Waals surface area contributed by atoms with Gasteiger partial charge in [0, 0.05) is 26.2 Å². The number of hydrogen-bond acceptors (Lipinski definition) is 4. The average Bonchev–Trinajstić information content (AvgIpc) is 2.20. The van der Waals surface area contributed by atoms with E-state index < -0.39 is 15.3 Å². The molecule has 0 aromatic carbocycles. The van der Waals surface area contributed by atoms with Crippen molar-refractivity contribution in [3.8, 4) is 0 Å². The molecule has 0 heterocycles. The Morgan fingerprint density at radius 2 is 2.00 bits per heavy atom. The van der Waals surface area contributed by atoms with Crippen LogP contribution in [0.15, 0.2) is 0 Å². The maximum Gasteiger partial charge on any atom is 0.218 e. The first-order valence-corrected chi connectivity index (χ1v) is 6.84. The summed E-state index contributed by atoms with van der Waals surface area (Å²) in [4.78, 5) is 0. The lowest BCUT2D eigenvalue weighted by Gasteiger charge is -2.24. The van der Waals surface area contributed by atoms with Gasteiger partial charge in [-0.05, 0) is 12.8 Å². The van der Waals surface area contributed by atoms with Gasteiger partial charge in [-0.3, -0.25) is 0 Å². The van der Waals surface area contributed by atoms with Crippen molar-refractivity contribution in [2.24, 2.45) is 5.73 Å². The minimum absolute atomic E-state index is 0.00539. The fourth-order valence-corrected chi connectivity index (χ4v) is 3.25. The second-order valence-corrected chi connectivity index (χ2v) is 5.59. The molecule has 0 bridgehead atoms. The third-order valence-corrected chi connectivity index (χ3v) is 4.95. The molecule has 0 saturated carbocycles. The predicted molar refractivity (Wildman–Crippen MR) is 61.0 cm³/mol. The van der Waals surface area contributed by atoms with E-state index in [0.717, 1.165) is 0 Å². The van der Waals surface area contributed by atoms with E-state index in [1.165, 1.54) is 4.31 Å². The zero-order chi connectivity index (χ0) is 11.9. The number of rotatable bonds is 8. The van der Waals surface area contributed by atoms with Gasteiger partial charge in [-0.1, -0.05) is 13.8 Å². The molecule has 92 valence electrons. The van der Waals surface area contributed by atoms with E-state index >= 15 is 0 Å². The Hall–Kier alpha value is -0.170. The van der Waals surface area contributed by atoms with E-state index in [4.69, 9.17) is 10.8 Å². The normalized spacial score (nSPS) is 14.5. The quantitative estimate of drug-likeness (QED) is 0.611. The highest BCUT2D eigenvalue weighted by atomic mass is 32.2. The SMILES string of the molecule is CCC(CN)S(=O)(=O)N(CC)CCCO. The van der Waals surface area contributed by atoms with Crippen LogP contribution in [0.3, 0.4) is 0 Å². The lowest BCUT2D eigenvalue weighted by atomic mass is 10.3. The zero-order valence-corrected chi connectivity index (χ0v) is 10.3. The molecule has 0 aliphatic rings. The standard InChI is InChI=1S/C9H22N2O3S/c1-3-9(8-10)15(13,14)11(4-2)6-5-7-12/h9,12H,3-8,10H2,1-2H3. The number of hydrogen-bond donors (Lipinski definition) is 2. The highest BCUT2D eigenvalue weighted by Crippen LogP contribution is 2.11. The first kappa shape index (κ1) is 14.8. The van der Waals surface area contributed by atoms with E-state index in [2.05, 4.69) is 0 Å². The molecule has 0 aliphatic heterocycles. The van der Waals surface area contributed by atoms with E-state index in [1.807, 2.05) is 6.92 Å². The van der Waals surface area contributed by atoms with Crippen LogP contribution in [0.5, 0.6) is 0 Å². The Balaban J connectivity index is 4.64. The Kier molecular flexibility index (Phi) is 7.08. The van der Waals surface area contributed by atoms with Crippen molar-refractivity contribution in [1.29, 1.82) is 0 Å². The molecule has 0 spiro atoms. The van der Waals surface area contributed by atoms with Crippen LogP contribution in [0.2, 0.25) is 0 Å². The summed E-state index contributed by atoms with van der Waals surface area (Å²) in [6.45, 7) is 4.55. The molecule has 0 rings (SSSR count). The summed E-state index contributed by atoms with van der Waals surface area (Å²) in [5.74, 6) is 0. The summed E-state index contributed by atoms with van der Waals surface area (Å²) >= 11 is 0. The lowest BCUT2D eigenvalue weighted by molar-refractivity contribution is 0.270. The van der Waals surface area contributed by atoms with Gasteiger partial charge in [0.15, 0.2) is 0 Å². The summed E-state index contributed by atoms with van der Waals surface area (Å²) in [5, 5.41) is 8.18. The second kappa shape index (κ2) is 7.16. The van der Waals surface area contributed by atoms with Crippen LogP contribution in [-0.2, 0) is 10.0 Å². The molecule has 6 heteroatoms. The topological polar surface area (TPSA) is 83.6 Å². The monoisotopic (exact) mass is 238 g/mol. The van der Waals surface area contributed by atoms with Crippen LogP contribution in [0, 0.1) is 0 Å². The van der Waals surface area contributed by atoms with Crippen LogP contribution in [0.25, 0.3) is 0 Å². The van der Waals surface area contributed by atoms with E-state index in [1.54, 1.807) is 6.92 Å². The summed E-state index contributed by atoms with van der Waals surface area (Å²) < 4.78 is 25.4. The molecule has 1 atom stereocenters. The molecule has 5 nitrogen and oxygen atoms in total. The Morgan fingerprint density at radius 3 is 2.33 bits per heavy atom. The molecule has 0 aromatic rings. The molecular weight excluding hydrogens is 216 g/mol. The molecule has 1 unspecified atom stereocenters. The molecule has 0 amide bonds. The summed E-state index contributed by atoms with van der Waals surface area (Å²) in [6, 6.07) is 0. The van der Waals surface area contributed by atoms with Crippen molar-refractivity contribution in [1.82, 2.24) is 4.31 Å². The summed E-state index contributed by atoms with van der Waals surface area (Å²) in [7, 11) is -3.29. The van der Waals surface area contributed by atoms with Gasteiger partial charge in [-0.2, -0.15) is 0 Å². The Morgan fingerprint density at radius 1 is 1.40 bits per heavy atom. The highest BCUT2D eigenvalue weighted by Gasteiger charge is 2.28. The maximum atomic E-state index is 12.0. The Labute approximate surface area is 92.3 Å². The van der Waals surface area contributed by atoms with Crippen molar-refractivity contribution in [3.05, 3.63) is 0 Å². The smallest absolute Gasteiger partial charge is 0.218 e. The van der Waals surface area contributed by atoms with Gasteiger partial charge in [0.1, 0.15) is 0 Å². The van der Waals surface area contributed by atoms with Gasteiger partial charge < -0.3 is 10.8 Å². The number of aliphatic hydroxyl groups is 1. The molecule has 0 saturated heterocycles. The van der Waals surface area contributed by atoms with Crippen LogP contribution in [0.1, 0.15) is 26.7 Å². The highest BCUT2D eigenvalue weighted by molar-refractivity contribution is 7.89. The van der Waals surface area contributed by atoms with Crippen LogP contribution in [0.4, 0.5) is 0 Å². The van der Waals surface area contributed by atoms with Gasteiger partial charge in [0.05, 0.1) is 5.25 Å². The van der Waals surface area contributed by atoms with Crippen molar-refractivity contribution >= 4 is 10.0 Å². The molecule has 0 radical (unpaired) electrons. The number of nitrogens with zero attached hydrogens (tertiary/aromatic N) is 1. The predicted octanol–water partition coefficient (Wildman–Crippen LogP) is -0.242. The molecule has 0 aromatic heterocycles. The van der Waals surface area contributed by atoms with Crippen molar-refractivity contribution < 1.29 is 13.5 Å². The minimum Gasteiger partial charge on any atom is -0.396 e. The lowest BCUT2D eigenvalue weighted by Crippen LogP contribution is -2.42. The summed E-state index contributed by atoms with van der Waals surface area (Å²) in [5.41, 5.74) is 5.44. The van der Waals surface area contributed by atoms with Crippen molar-refractivity contribution in [2.75, 3.05) is 26.2 Å². The van der Waals surface area contributed by atoms with Gasteiger partial charge in [-0.15, -0.1) is 0 Å². The Bertz CT molecular complexity index is 250.